The Morgan fingerprint density at radius 1 is 1.43 bits per heavy atom. The van der Waals surface area contributed by atoms with E-state index in [-0.39, 0.29) is 22.8 Å². The topological polar surface area (TPSA) is 57.2 Å². The molecule has 75 valence electrons. The van der Waals surface area contributed by atoms with Gasteiger partial charge in [0.1, 0.15) is 5.75 Å². The SMILES string of the molecule is CCCc1c([O])ccc(C(C)=O)c1O. The average Bonchev–Trinajstić information content (AvgIpc) is 2.11. The zero-order chi connectivity index (χ0) is 10.7. The van der Waals surface area contributed by atoms with Crippen molar-refractivity contribution in [3.63, 3.8) is 0 Å². The molecule has 0 bridgehead atoms. The molecule has 3 nitrogen and oxygen atoms in total. The number of carbonyl (C=O) groups excluding carboxylic acids is 1. The van der Waals surface area contributed by atoms with E-state index in [0.29, 0.717) is 12.0 Å². The van der Waals surface area contributed by atoms with E-state index in [0.717, 1.165) is 6.42 Å². The average molecular weight is 193 g/mol. The van der Waals surface area contributed by atoms with E-state index in [9.17, 15) is 15.0 Å². The molecular formula is C11H13O3. The highest BCUT2D eigenvalue weighted by molar-refractivity contribution is 5.97. The number of benzene rings is 1. The lowest BCUT2D eigenvalue weighted by atomic mass is 10.0. The van der Waals surface area contributed by atoms with Crippen LogP contribution in [0.4, 0.5) is 0 Å². The van der Waals surface area contributed by atoms with Gasteiger partial charge in [-0.1, -0.05) is 13.3 Å². The third kappa shape index (κ3) is 1.87. The van der Waals surface area contributed by atoms with Crippen molar-refractivity contribution in [2.75, 3.05) is 0 Å². The Kier molecular flexibility index (Phi) is 3.12. The van der Waals surface area contributed by atoms with E-state index in [1.54, 1.807) is 0 Å². The number of carbonyl (C=O) groups is 1. The number of Topliss-reactive ketones (excluding diaryl/α,β-unsaturated/α-hetero) is 1. The molecule has 14 heavy (non-hydrogen) atoms. The summed E-state index contributed by atoms with van der Waals surface area (Å²) >= 11 is 0. The van der Waals surface area contributed by atoms with Gasteiger partial charge in [0.25, 0.3) is 0 Å². The molecule has 1 aromatic rings. The van der Waals surface area contributed by atoms with Gasteiger partial charge in [-0.3, -0.25) is 9.90 Å². The molecule has 1 N–H and O–H groups in total. The van der Waals surface area contributed by atoms with Crippen molar-refractivity contribution >= 4 is 5.78 Å². The fraction of sp³-hybridized carbons (Fsp3) is 0.364. The van der Waals surface area contributed by atoms with Crippen LogP contribution < -0.4 is 0 Å². The van der Waals surface area contributed by atoms with Gasteiger partial charge in [0, 0.05) is 5.56 Å². The van der Waals surface area contributed by atoms with E-state index in [1.807, 2.05) is 6.92 Å². The summed E-state index contributed by atoms with van der Waals surface area (Å²) in [6.07, 6.45) is 1.27. The van der Waals surface area contributed by atoms with E-state index in [1.165, 1.54) is 19.1 Å². The summed E-state index contributed by atoms with van der Waals surface area (Å²) in [5.74, 6) is -0.568. The van der Waals surface area contributed by atoms with Crippen LogP contribution in [0.2, 0.25) is 0 Å². The van der Waals surface area contributed by atoms with Crippen LogP contribution in [-0.4, -0.2) is 10.9 Å². The van der Waals surface area contributed by atoms with Crippen LogP contribution in [0, 0.1) is 0 Å². The Bertz CT molecular complexity index is 356. The van der Waals surface area contributed by atoms with E-state index >= 15 is 0 Å². The summed E-state index contributed by atoms with van der Waals surface area (Å²) in [5, 5.41) is 21.0. The van der Waals surface area contributed by atoms with E-state index in [2.05, 4.69) is 0 Å². The Morgan fingerprint density at radius 3 is 2.57 bits per heavy atom. The lowest BCUT2D eigenvalue weighted by Gasteiger charge is -2.07. The quantitative estimate of drug-likeness (QED) is 0.750. The minimum atomic E-state index is -0.222. The minimum Gasteiger partial charge on any atom is -0.507 e. The molecule has 0 fully saturated rings. The molecule has 1 aromatic carbocycles. The summed E-state index contributed by atoms with van der Waals surface area (Å²) in [5.41, 5.74) is 0.577. The second-order valence-corrected chi connectivity index (χ2v) is 3.24. The van der Waals surface area contributed by atoms with E-state index < -0.39 is 0 Å². The van der Waals surface area contributed by atoms with Crippen LogP contribution in [0.15, 0.2) is 12.1 Å². The van der Waals surface area contributed by atoms with Crippen LogP contribution >= 0.6 is 0 Å². The van der Waals surface area contributed by atoms with Crippen LogP contribution in [0.5, 0.6) is 11.5 Å². The summed E-state index contributed by atoms with van der Waals surface area (Å²) < 4.78 is 0. The van der Waals surface area contributed by atoms with Crippen molar-refractivity contribution in [1.82, 2.24) is 0 Å². The number of rotatable bonds is 3. The predicted octanol–water partition coefficient (Wildman–Crippen LogP) is 2.69. The molecule has 1 rings (SSSR count). The molecule has 0 aliphatic rings. The third-order valence-corrected chi connectivity index (χ3v) is 2.12. The fourth-order valence-corrected chi connectivity index (χ4v) is 1.39. The minimum absolute atomic E-state index is 0.146. The van der Waals surface area contributed by atoms with Crippen molar-refractivity contribution in [2.45, 2.75) is 26.7 Å². The first-order valence-electron chi connectivity index (χ1n) is 4.60. The largest absolute Gasteiger partial charge is 0.507 e. The fourth-order valence-electron chi connectivity index (χ4n) is 1.39. The zero-order valence-corrected chi connectivity index (χ0v) is 8.33. The maximum absolute atomic E-state index is 11.3. The smallest absolute Gasteiger partial charge is 0.185 e. The predicted molar refractivity (Wildman–Crippen MR) is 52.2 cm³/mol. The van der Waals surface area contributed by atoms with Gasteiger partial charge in [0.15, 0.2) is 11.5 Å². The Labute approximate surface area is 83.0 Å². The first kappa shape index (κ1) is 10.6. The van der Waals surface area contributed by atoms with Gasteiger partial charge < -0.3 is 5.11 Å². The van der Waals surface area contributed by atoms with Crippen molar-refractivity contribution in [2.24, 2.45) is 0 Å². The van der Waals surface area contributed by atoms with Gasteiger partial charge in [-0.05, 0) is 25.5 Å². The van der Waals surface area contributed by atoms with Crippen molar-refractivity contribution in [3.8, 4) is 11.5 Å². The Morgan fingerprint density at radius 2 is 2.07 bits per heavy atom. The molecule has 0 unspecified atom stereocenters. The molecule has 0 atom stereocenters. The maximum Gasteiger partial charge on any atom is 0.185 e. The lowest BCUT2D eigenvalue weighted by Crippen LogP contribution is -1.96. The number of ketones is 1. The number of hydrogen-bond acceptors (Lipinski definition) is 2. The summed E-state index contributed by atoms with van der Waals surface area (Å²) in [6.45, 7) is 3.29. The second-order valence-electron chi connectivity index (χ2n) is 3.24. The number of phenolic OH excluding ortho intramolecular Hbond substituents is 1. The molecule has 0 saturated heterocycles. The molecule has 0 heterocycles. The van der Waals surface area contributed by atoms with Crippen molar-refractivity contribution in [1.29, 1.82) is 0 Å². The Hall–Kier alpha value is -1.51. The molecule has 0 aliphatic carbocycles. The summed E-state index contributed by atoms with van der Waals surface area (Å²) in [6, 6.07) is 2.71. The highest BCUT2D eigenvalue weighted by Crippen LogP contribution is 2.32. The maximum atomic E-state index is 11.3. The first-order valence-corrected chi connectivity index (χ1v) is 4.60. The van der Waals surface area contributed by atoms with Crippen LogP contribution in [0.1, 0.15) is 36.2 Å². The normalized spacial score (nSPS) is 10.1. The molecule has 0 amide bonds. The van der Waals surface area contributed by atoms with Crippen LogP contribution in [0.25, 0.3) is 0 Å². The van der Waals surface area contributed by atoms with Crippen LogP contribution in [-0.2, 0) is 11.5 Å². The molecule has 0 aromatic heterocycles. The number of hydrogen-bond donors (Lipinski definition) is 1. The van der Waals surface area contributed by atoms with Gasteiger partial charge in [-0.25, -0.2) is 0 Å². The van der Waals surface area contributed by atoms with Crippen LogP contribution in [0.3, 0.4) is 0 Å². The molecule has 0 aliphatic heterocycles. The zero-order valence-electron chi connectivity index (χ0n) is 8.33. The van der Waals surface area contributed by atoms with Gasteiger partial charge in [0.05, 0.1) is 5.56 Å². The van der Waals surface area contributed by atoms with Gasteiger partial charge in [-0.2, -0.15) is 0 Å². The van der Waals surface area contributed by atoms with Gasteiger partial charge >= 0.3 is 0 Å². The lowest BCUT2D eigenvalue weighted by molar-refractivity contribution is 0.101. The monoisotopic (exact) mass is 193 g/mol. The molecular weight excluding hydrogens is 180 g/mol. The second kappa shape index (κ2) is 4.13. The number of phenols is 1. The highest BCUT2D eigenvalue weighted by Gasteiger charge is 2.14. The van der Waals surface area contributed by atoms with Gasteiger partial charge in [-0.15, -0.1) is 0 Å². The first-order chi connectivity index (χ1) is 6.57. The summed E-state index contributed by atoms with van der Waals surface area (Å²) in [7, 11) is 0. The molecule has 0 spiro atoms. The van der Waals surface area contributed by atoms with E-state index in [4.69, 9.17) is 0 Å². The van der Waals surface area contributed by atoms with Crippen molar-refractivity contribution < 1.29 is 15.0 Å². The Balaban J connectivity index is 3.26. The molecule has 1 radical (unpaired) electrons. The molecule has 0 saturated carbocycles. The van der Waals surface area contributed by atoms with Crippen molar-refractivity contribution in [3.05, 3.63) is 23.3 Å². The standard InChI is InChI=1S/C11H13O3/c1-3-4-9-10(13)6-5-8(7(2)12)11(9)14/h5-6,14H,3-4H2,1-2H3. The van der Waals surface area contributed by atoms with Gasteiger partial charge in [0.2, 0.25) is 0 Å². The molecule has 3 heteroatoms. The highest BCUT2D eigenvalue weighted by atomic mass is 16.3. The number of aromatic hydroxyl groups is 1. The third-order valence-electron chi connectivity index (χ3n) is 2.12. The summed E-state index contributed by atoms with van der Waals surface area (Å²) in [4.78, 5) is 11.1.